The van der Waals surface area contributed by atoms with E-state index in [0.717, 1.165) is 41.1 Å². The molecule has 0 N–H and O–H groups in total. The molecule has 0 spiro atoms. The Bertz CT molecular complexity index is 871. The van der Waals surface area contributed by atoms with E-state index in [9.17, 15) is 0 Å². The number of hydrogen-bond donors (Lipinski definition) is 0. The molecule has 6 heteroatoms. The van der Waals surface area contributed by atoms with Gasteiger partial charge in [-0.05, 0) is 30.5 Å². The zero-order chi connectivity index (χ0) is 17.8. The highest BCUT2D eigenvalue weighted by Gasteiger charge is 2.10. The van der Waals surface area contributed by atoms with E-state index in [-0.39, 0.29) is 0 Å². The second-order valence-electron chi connectivity index (χ2n) is 6.68. The maximum absolute atomic E-state index is 5.88. The highest BCUT2D eigenvalue weighted by Crippen LogP contribution is 2.22. The first kappa shape index (κ1) is 17.0. The van der Waals surface area contributed by atoms with Crippen molar-refractivity contribution in [2.24, 2.45) is 0 Å². The fraction of sp³-hybridized carbons (Fsp3) is 0.400. The van der Waals surface area contributed by atoms with Crippen LogP contribution in [0.5, 0.6) is 5.75 Å². The van der Waals surface area contributed by atoms with Gasteiger partial charge in [0.2, 0.25) is 0 Å². The van der Waals surface area contributed by atoms with Crippen LogP contribution in [0.1, 0.15) is 24.8 Å². The maximum Gasteiger partial charge on any atom is 0.144 e. The molecule has 0 saturated carbocycles. The maximum atomic E-state index is 5.88. The number of nitrogens with zero attached hydrogens (tertiary/aromatic N) is 4. The van der Waals surface area contributed by atoms with Gasteiger partial charge in [0.05, 0.1) is 38.5 Å². The Morgan fingerprint density at radius 1 is 1.08 bits per heavy atom. The highest BCUT2D eigenvalue weighted by atomic mass is 16.5. The summed E-state index contributed by atoms with van der Waals surface area (Å²) >= 11 is 0. The number of rotatable bonds is 6. The largest absolute Gasteiger partial charge is 0.495 e. The Balaban J connectivity index is 1.46. The lowest BCUT2D eigenvalue weighted by Crippen LogP contribution is -2.31. The van der Waals surface area contributed by atoms with Crippen LogP contribution in [0.3, 0.4) is 0 Å². The van der Waals surface area contributed by atoms with Gasteiger partial charge in [0.1, 0.15) is 11.4 Å². The third-order valence-electron chi connectivity index (χ3n) is 4.79. The summed E-state index contributed by atoms with van der Waals surface area (Å²) in [5, 5.41) is 1.09. The molecule has 1 fully saturated rings. The molecule has 1 aliphatic heterocycles. The highest BCUT2D eigenvalue weighted by molar-refractivity contribution is 5.78. The molecule has 4 rings (SSSR count). The van der Waals surface area contributed by atoms with Crippen LogP contribution in [0.4, 0.5) is 0 Å². The standard InChI is InChI=1S/C20H24N4O2/c1-25-19-10-18(12-21-13-19)24-8-5-17-9-16(11-22-20(17)24)14-26-15-23-6-3-2-4-7-23/h5,8-13H,2-4,6-7,14-15H2,1H3. The van der Waals surface area contributed by atoms with Gasteiger partial charge in [-0.3, -0.25) is 14.5 Å². The summed E-state index contributed by atoms with van der Waals surface area (Å²) in [6.07, 6.45) is 11.3. The van der Waals surface area contributed by atoms with E-state index in [1.54, 1.807) is 19.5 Å². The average Bonchev–Trinajstić information content (AvgIpc) is 3.12. The van der Waals surface area contributed by atoms with Crippen molar-refractivity contribution in [2.45, 2.75) is 25.9 Å². The number of methoxy groups -OCH3 is 1. The summed E-state index contributed by atoms with van der Waals surface area (Å²) < 4.78 is 13.2. The molecule has 3 aromatic rings. The summed E-state index contributed by atoms with van der Waals surface area (Å²) in [5.41, 5.74) is 2.93. The lowest BCUT2D eigenvalue weighted by molar-refractivity contribution is 0.00970. The van der Waals surface area contributed by atoms with Crippen LogP contribution in [-0.4, -0.2) is 46.4 Å². The molecule has 0 atom stereocenters. The van der Waals surface area contributed by atoms with Gasteiger partial charge < -0.3 is 9.47 Å². The normalized spacial score (nSPS) is 15.4. The minimum atomic E-state index is 0.589. The fourth-order valence-electron chi connectivity index (χ4n) is 3.39. The Hall–Kier alpha value is -2.44. The van der Waals surface area contributed by atoms with E-state index in [1.165, 1.54) is 19.3 Å². The van der Waals surface area contributed by atoms with Crippen molar-refractivity contribution < 1.29 is 9.47 Å². The molecule has 6 nitrogen and oxygen atoms in total. The molecule has 0 aromatic carbocycles. The first-order valence-electron chi connectivity index (χ1n) is 9.09. The topological polar surface area (TPSA) is 52.4 Å². The molecule has 0 unspecified atom stereocenters. The van der Waals surface area contributed by atoms with E-state index < -0.39 is 0 Å². The summed E-state index contributed by atoms with van der Waals surface area (Å²) in [7, 11) is 1.64. The van der Waals surface area contributed by atoms with Crippen molar-refractivity contribution in [1.82, 2.24) is 19.4 Å². The van der Waals surface area contributed by atoms with Gasteiger partial charge in [-0.15, -0.1) is 0 Å². The van der Waals surface area contributed by atoms with Crippen molar-refractivity contribution in [3.8, 4) is 11.4 Å². The number of ether oxygens (including phenoxy) is 2. The lowest BCUT2D eigenvalue weighted by atomic mass is 10.1. The predicted octanol–water partition coefficient (Wildman–Crippen LogP) is 3.39. The third-order valence-corrected chi connectivity index (χ3v) is 4.79. The van der Waals surface area contributed by atoms with Gasteiger partial charge in [-0.2, -0.15) is 0 Å². The monoisotopic (exact) mass is 352 g/mol. The Kier molecular flexibility index (Phi) is 5.13. The summed E-state index contributed by atoms with van der Waals surface area (Å²) in [4.78, 5) is 11.2. The van der Waals surface area contributed by atoms with Crippen LogP contribution in [0.25, 0.3) is 16.7 Å². The first-order valence-corrected chi connectivity index (χ1v) is 9.09. The van der Waals surface area contributed by atoms with Crippen LogP contribution in [0.2, 0.25) is 0 Å². The van der Waals surface area contributed by atoms with E-state index in [1.807, 2.05) is 23.0 Å². The number of piperidine rings is 1. The van der Waals surface area contributed by atoms with E-state index >= 15 is 0 Å². The molecular formula is C20H24N4O2. The van der Waals surface area contributed by atoms with Crippen molar-refractivity contribution in [2.75, 3.05) is 26.9 Å². The van der Waals surface area contributed by atoms with Crippen LogP contribution in [0.15, 0.2) is 43.0 Å². The molecule has 3 aromatic heterocycles. The molecule has 26 heavy (non-hydrogen) atoms. The smallest absolute Gasteiger partial charge is 0.144 e. The average molecular weight is 352 g/mol. The van der Waals surface area contributed by atoms with Gasteiger partial charge in [0, 0.05) is 36.9 Å². The lowest BCUT2D eigenvalue weighted by Gasteiger charge is -2.25. The molecule has 136 valence electrons. The van der Waals surface area contributed by atoms with Gasteiger partial charge in [-0.25, -0.2) is 4.98 Å². The van der Waals surface area contributed by atoms with Crippen molar-refractivity contribution >= 4 is 11.0 Å². The van der Waals surface area contributed by atoms with E-state index in [0.29, 0.717) is 13.3 Å². The number of pyridine rings is 2. The van der Waals surface area contributed by atoms with E-state index in [2.05, 4.69) is 27.0 Å². The molecule has 4 heterocycles. The number of aromatic nitrogens is 3. The molecule has 1 aliphatic rings. The van der Waals surface area contributed by atoms with Gasteiger partial charge in [0.15, 0.2) is 0 Å². The van der Waals surface area contributed by atoms with Crippen molar-refractivity contribution in [3.05, 3.63) is 48.5 Å². The van der Waals surface area contributed by atoms with Crippen molar-refractivity contribution in [3.63, 3.8) is 0 Å². The Morgan fingerprint density at radius 2 is 1.96 bits per heavy atom. The second-order valence-corrected chi connectivity index (χ2v) is 6.68. The van der Waals surface area contributed by atoms with Crippen LogP contribution >= 0.6 is 0 Å². The quantitative estimate of drug-likeness (QED) is 0.681. The second kappa shape index (κ2) is 7.85. The molecule has 0 bridgehead atoms. The first-order chi connectivity index (χ1) is 12.8. The predicted molar refractivity (Wildman–Crippen MR) is 100 cm³/mol. The fourth-order valence-corrected chi connectivity index (χ4v) is 3.39. The van der Waals surface area contributed by atoms with Gasteiger partial charge >= 0.3 is 0 Å². The Labute approximate surface area is 153 Å². The molecule has 0 radical (unpaired) electrons. The minimum Gasteiger partial charge on any atom is -0.495 e. The number of fused-ring (bicyclic) bond motifs is 1. The van der Waals surface area contributed by atoms with Crippen molar-refractivity contribution in [1.29, 1.82) is 0 Å². The van der Waals surface area contributed by atoms with Gasteiger partial charge in [-0.1, -0.05) is 6.42 Å². The van der Waals surface area contributed by atoms with Gasteiger partial charge in [0.25, 0.3) is 0 Å². The van der Waals surface area contributed by atoms with E-state index in [4.69, 9.17) is 9.47 Å². The SMILES string of the molecule is COc1cncc(-n2ccc3cc(COCN4CCCCC4)cnc32)c1. The summed E-state index contributed by atoms with van der Waals surface area (Å²) in [6.45, 7) is 3.59. The summed E-state index contributed by atoms with van der Waals surface area (Å²) in [5.74, 6) is 0.729. The third kappa shape index (κ3) is 3.71. The molecule has 0 aliphatic carbocycles. The number of hydrogen-bond acceptors (Lipinski definition) is 5. The minimum absolute atomic E-state index is 0.589. The van der Waals surface area contributed by atoms with Crippen LogP contribution in [0, 0.1) is 0 Å². The van der Waals surface area contributed by atoms with Crippen LogP contribution < -0.4 is 4.74 Å². The number of likely N-dealkylation sites (tertiary alicyclic amines) is 1. The molecule has 0 amide bonds. The Morgan fingerprint density at radius 3 is 2.81 bits per heavy atom. The zero-order valence-corrected chi connectivity index (χ0v) is 15.1. The van der Waals surface area contributed by atoms with Crippen LogP contribution in [-0.2, 0) is 11.3 Å². The zero-order valence-electron chi connectivity index (χ0n) is 15.1. The molecular weight excluding hydrogens is 328 g/mol. The summed E-state index contributed by atoms with van der Waals surface area (Å²) in [6, 6.07) is 6.16. The molecule has 1 saturated heterocycles.